The smallest absolute Gasteiger partial charge is 0.146 e. The molecule has 0 aliphatic heterocycles. The molecule has 1 unspecified atom stereocenters. The van der Waals surface area contributed by atoms with Gasteiger partial charge in [0.15, 0.2) is 0 Å². The van der Waals surface area contributed by atoms with E-state index < -0.39 is 6.10 Å². The predicted octanol–water partition coefficient (Wildman–Crippen LogP) is 0.768. The minimum Gasteiger partial charge on any atom is -0.497 e. The number of nitrogens with zero attached hydrogens (tertiary/aromatic N) is 1. The molecule has 0 amide bonds. The molecule has 1 aromatic carbocycles. The lowest BCUT2D eigenvalue weighted by Crippen LogP contribution is -2.34. The molecular formula is C13H22N2O3. The molecule has 0 saturated heterocycles. The highest BCUT2D eigenvalue weighted by atomic mass is 16.5. The van der Waals surface area contributed by atoms with Crippen LogP contribution in [0.5, 0.6) is 11.5 Å². The van der Waals surface area contributed by atoms with Crippen LogP contribution in [0.2, 0.25) is 0 Å². The zero-order chi connectivity index (χ0) is 13.7. The van der Waals surface area contributed by atoms with Crippen LogP contribution in [0.25, 0.3) is 0 Å². The number of benzene rings is 1. The average Bonchev–Trinajstić information content (AvgIpc) is 2.36. The van der Waals surface area contributed by atoms with Gasteiger partial charge < -0.3 is 25.2 Å². The summed E-state index contributed by atoms with van der Waals surface area (Å²) in [5.74, 6) is 1.47. The maximum atomic E-state index is 9.61. The van der Waals surface area contributed by atoms with E-state index in [4.69, 9.17) is 15.2 Å². The molecule has 5 heteroatoms. The van der Waals surface area contributed by atoms with Crippen molar-refractivity contribution < 1.29 is 14.6 Å². The topological polar surface area (TPSA) is 68.0 Å². The fraction of sp³-hybridized carbons (Fsp3) is 0.538. The third kappa shape index (κ3) is 3.27. The number of hydrogen-bond donors (Lipinski definition) is 2. The van der Waals surface area contributed by atoms with Gasteiger partial charge in [-0.15, -0.1) is 0 Å². The third-order valence-corrected chi connectivity index (χ3v) is 2.83. The molecule has 0 heterocycles. The van der Waals surface area contributed by atoms with E-state index in [1.54, 1.807) is 14.2 Å². The number of nitrogens with two attached hydrogens (primary N) is 1. The van der Waals surface area contributed by atoms with Crippen LogP contribution in [-0.2, 0) is 0 Å². The van der Waals surface area contributed by atoms with E-state index in [1.807, 2.05) is 31.0 Å². The van der Waals surface area contributed by atoms with E-state index >= 15 is 0 Å². The first kappa shape index (κ1) is 14.6. The van der Waals surface area contributed by atoms with Crippen molar-refractivity contribution in [3.63, 3.8) is 0 Å². The summed E-state index contributed by atoms with van der Waals surface area (Å²) in [6.07, 6.45) is -0.554. The fourth-order valence-corrected chi connectivity index (χ4v) is 1.96. The Morgan fingerprint density at radius 3 is 2.50 bits per heavy atom. The summed E-state index contributed by atoms with van der Waals surface area (Å²) in [6, 6.07) is 3.76. The number of anilines is 1. The number of aliphatic hydroxyl groups excluding tert-OH is 1. The number of likely N-dealkylation sites (N-methyl/N-ethyl adjacent to an activating group) is 1. The van der Waals surface area contributed by atoms with Gasteiger partial charge in [-0.25, -0.2) is 0 Å². The zero-order valence-corrected chi connectivity index (χ0v) is 11.4. The zero-order valence-electron chi connectivity index (χ0n) is 11.4. The van der Waals surface area contributed by atoms with Gasteiger partial charge in [-0.1, -0.05) is 0 Å². The molecular weight excluding hydrogens is 232 g/mol. The second-order valence-electron chi connectivity index (χ2n) is 4.27. The van der Waals surface area contributed by atoms with Gasteiger partial charge >= 0.3 is 0 Å². The highest BCUT2D eigenvalue weighted by Gasteiger charge is 2.15. The minimum absolute atomic E-state index is 0.238. The second-order valence-corrected chi connectivity index (χ2v) is 4.27. The number of aliphatic hydroxyl groups is 1. The lowest BCUT2D eigenvalue weighted by molar-refractivity contribution is 0.189. The van der Waals surface area contributed by atoms with E-state index in [-0.39, 0.29) is 6.54 Å². The Kier molecular flexibility index (Phi) is 5.25. The van der Waals surface area contributed by atoms with Crippen molar-refractivity contribution in [2.45, 2.75) is 13.0 Å². The van der Waals surface area contributed by atoms with Crippen molar-refractivity contribution in [1.29, 1.82) is 0 Å². The molecule has 1 rings (SSSR count). The van der Waals surface area contributed by atoms with Gasteiger partial charge in [-0.3, -0.25) is 0 Å². The summed E-state index contributed by atoms with van der Waals surface area (Å²) >= 11 is 0. The molecule has 5 nitrogen and oxygen atoms in total. The molecule has 0 saturated carbocycles. The lowest BCUT2D eigenvalue weighted by Gasteiger charge is -2.26. The van der Waals surface area contributed by atoms with Crippen LogP contribution in [0.4, 0.5) is 5.69 Å². The van der Waals surface area contributed by atoms with E-state index in [0.29, 0.717) is 6.54 Å². The molecule has 18 heavy (non-hydrogen) atoms. The van der Waals surface area contributed by atoms with Gasteiger partial charge in [-0.2, -0.15) is 0 Å². The highest BCUT2D eigenvalue weighted by Crippen LogP contribution is 2.35. The van der Waals surface area contributed by atoms with E-state index in [9.17, 15) is 5.11 Å². The summed E-state index contributed by atoms with van der Waals surface area (Å²) in [7, 11) is 5.14. The number of methoxy groups -OCH3 is 2. The average molecular weight is 254 g/mol. The van der Waals surface area contributed by atoms with E-state index in [0.717, 1.165) is 22.7 Å². The molecule has 1 aromatic rings. The Labute approximate surface area is 108 Å². The molecule has 102 valence electrons. The van der Waals surface area contributed by atoms with Crippen LogP contribution < -0.4 is 20.1 Å². The number of ether oxygens (including phenoxy) is 2. The maximum absolute atomic E-state index is 9.61. The Morgan fingerprint density at radius 2 is 2.00 bits per heavy atom. The van der Waals surface area contributed by atoms with Gasteiger partial charge in [0.2, 0.25) is 0 Å². The fourth-order valence-electron chi connectivity index (χ4n) is 1.96. The van der Waals surface area contributed by atoms with Crippen LogP contribution in [0.15, 0.2) is 12.1 Å². The number of aryl methyl sites for hydroxylation is 1. The highest BCUT2D eigenvalue weighted by molar-refractivity contribution is 5.65. The Morgan fingerprint density at radius 1 is 1.33 bits per heavy atom. The Balaban J connectivity index is 3.06. The molecule has 0 aliphatic rings. The van der Waals surface area contributed by atoms with Crippen LogP contribution in [0.1, 0.15) is 5.56 Å². The van der Waals surface area contributed by atoms with Crippen LogP contribution in [-0.4, -0.2) is 45.6 Å². The maximum Gasteiger partial charge on any atom is 0.146 e. The normalized spacial score (nSPS) is 12.1. The third-order valence-electron chi connectivity index (χ3n) is 2.83. The first-order chi connectivity index (χ1) is 8.53. The molecule has 0 aliphatic carbocycles. The van der Waals surface area contributed by atoms with Crippen LogP contribution in [0, 0.1) is 6.92 Å². The summed E-state index contributed by atoms with van der Waals surface area (Å²) in [6.45, 7) is 2.67. The van der Waals surface area contributed by atoms with Gasteiger partial charge in [0.1, 0.15) is 11.5 Å². The Hall–Kier alpha value is -1.46. The molecule has 0 spiro atoms. The molecule has 0 fully saturated rings. The molecule has 1 atom stereocenters. The van der Waals surface area contributed by atoms with Gasteiger partial charge in [0.25, 0.3) is 0 Å². The summed E-state index contributed by atoms with van der Waals surface area (Å²) < 4.78 is 10.6. The standard InChI is InChI=1S/C13H22N2O3/c1-9-5-11(17-3)6-12(18-4)13(9)15(2)8-10(16)7-14/h5-6,10,16H,7-8,14H2,1-4H3. The number of hydrogen-bond acceptors (Lipinski definition) is 5. The van der Waals surface area contributed by atoms with Crippen molar-refractivity contribution >= 4 is 5.69 Å². The quantitative estimate of drug-likeness (QED) is 0.785. The predicted molar refractivity (Wildman–Crippen MR) is 72.6 cm³/mol. The first-order valence-electron chi connectivity index (χ1n) is 5.85. The molecule has 0 aromatic heterocycles. The second kappa shape index (κ2) is 6.47. The van der Waals surface area contributed by atoms with E-state index in [1.165, 1.54) is 0 Å². The SMILES string of the molecule is COc1cc(C)c(N(C)CC(O)CN)c(OC)c1. The molecule has 3 N–H and O–H groups in total. The van der Waals surface area contributed by atoms with Crippen molar-refractivity contribution in [2.75, 3.05) is 39.3 Å². The summed E-state index contributed by atoms with van der Waals surface area (Å²) in [4.78, 5) is 1.94. The van der Waals surface area contributed by atoms with Crippen molar-refractivity contribution in [3.05, 3.63) is 17.7 Å². The largest absolute Gasteiger partial charge is 0.497 e. The van der Waals surface area contributed by atoms with Gasteiger partial charge in [-0.05, 0) is 18.6 Å². The lowest BCUT2D eigenvalue weighted by atomic mass is 10.1. The monoisotopic (exact) mass is 254 g/mol. The minimum atomic E-state index is -0.554. The summed E-state index contributed by atoms with van der Waals surface area (Å²) in [5, 5.41) is 9.61. The van der Waals surface area contributed by atoms with Crippen molar-refractivity contribution in [3.8, 4) is 11.5 Å². The summed E-state index contributed by atoms with van der Waals surface area (Å²) in [5.41, 5.74) is 7.39. The van der Waals surface area contributed by atoms with Crippen LogP contribution in [0.3, 0.4) is 0 Å². The number of rotatable bonds is 6. The molecule has 0 bridgehead atoms. The Bertz CT molecular complexity index is 396. The first-order valence-corrected chi connectivity index (χ1v) is 5.85. The van der Waals surface area contributed by atoms with Crippen molar-refractivity contribution in [2.24, 2.45) is 5.73 Å². The van der Waals surface area contributed by atoms with Gasteiger partial charge in [0, 0.05) is 26.2 Å². The van der Waals surface area contributed by atoms with E-state index in [2.05, 4.69) is 0 Å². The van der Waals surface area contributed by atoms with Gasteiger partial charge in [0.05, 0.1) is 26.0 Å². The molecule has 0 radical (unpaired) electrons. The van der Waals surface area contributed by atoms with Crippen LogP contribution >= 0.6 is 0 Å². The van der Waals surface area contributed by atoms with Crippen molar-refractivity contribution in [1.82, 2.24) is 0 Å².